The van der Waals surface area contributed by atoms with Crippen LogP contribution in [0.3, 0.4) is 0 Å². The minimum absolute atomic E-state index is 0.255. The minimum Gasteiger partial charge on any atom is -0.465 e. The van der Waals surface area contributed by atoms with Crippen molar-refractivity contribution in [3.05, 3.63) is 47.8 Å². The van der Waals surface area contributed by atoms with E-state index in [4.69, 9.17) is 4.74 Å². The summed E-state index contributed by atoms with van der Waals surface area (Å²) in [5.41, 5.74) is 1.11. The van der Waals surface area contributed by atoms with Crippen LogP contribution in [-0.4, -0.2) is 30.6 Å². The van der Waals surface area contributed by atoms with E-state index in [0.29, 0.717) is 19.7 Å². The van der Waals surface area contributed by atoms with Crippen molar-refractivity contribution in [3.8, 4) is 0 Å². The fourth-order valence-corrected chi connectivity index (χ4v) is 2.23. The Kier molecular flexibility index (Phi) is 4.68. The monoisotopic (exact) mass is 263 g/mol. The van der Waals surface area contributed by atoms with Crippen LogP contribution >= 0.6 is 0 Å². The van der Waals surface area contributed by atoms with Crippen molar-refractivity contribution in [2.24, 2.45) is 5.92 Å². The van der Waals surface area contributed by atoms with Gasteiger partial charge in [0.2, 0.25) is 0 Å². The summed E-state index contributed by atoms with van der Waals surface area (Å²) in [6, 6.07) is 9.84. The standard InChI is InChI=1S/C15H18FNO2/c1-2-19-15(18)13-8-14(16)11-17(10-13)9-12-6-4-3-5-7-12/h3-8,13H,2,9-11H2,1H3. The predicted octanol–water partition coefficient (Wildman–Crippen LogP) is 2.53. The summed E-state index contributed by atoms with van der Waals surface area (Å²) in [7, 11) is 0. The van der Waals surface area contributed by atoms with Crippen LogP contribution in [0.1, 0.15) is 12.5 Å². The molecule has 1 heterocycles. The first kappa shape index (κ1) is 13.7. The lowest BCUT2D eigenvalue weighted by Gasteiger charge is -2.28. The van der Waals surface area contributed by atoms with Crippen molar-refractivity contribution >= 4 is 5.97 Å². The molecule has 0 aliphatic carbocycles. The Balaban J connectivity index is 2.01. The van der Waals surface area contributed by atoms with Gasteiger partial charge in [-0.25, -0.2) is 4.39 Å². The van der Waals surface area contributed by atoms with E-state index in [-0.39, 0.29) is 18.3 Å². The van der Waals surface area contributed by atoms with E-state index in [1.165, 1.54) is 6.08 Å². The van der Waals surface area contributed by atoms with Gasteiger partial charge >= 0.3 is 5.97 Å². The van der Waals surface area contributed by atoms with Gasteiger partial charge in [0.05, 0.1) is 19.1 Å². The number of halogens is 1. The summed E-state index contributed by atoms with van der Waals surface area (Å²) >= 11 is 0. The lowest BCUT2D eigenvalue weighted by Crippen LogP contribution is -2.37. The smallest absolute Gasteiger partial charge is 0.314 e. The van der Waals surface area contributed by atoms with Crippen molar-refractivity contribution in [2.75, 3.05) is 19.7 Å². The van der Waals surface area contributed by atoms with Gasteiger partial charge in [-0.3, -0.25) is 9.69 Å². The van der Waals surface area contributed by atoms with Gasteiger partial charge < -0.3 is 4.74 Å². The maximum absolute atomic E-state index is 13.6. The molecular weight excluding hydrogens is 245 g/mol. The molecule has 0 fully saturated rings. The van der Waals surface area contributed by atoms with E-state index in [9.17, 15) is 9.18 Å². The van der Waals surface area contributed by atoms with Gasteiger partial charge in [-0.1, -0.05) is 30.3 Å². The largest absolute Gasteiger partial charge is 0.465 e. The summed E-state index contributed by atoms with van der Waals surface area (Å²) in [6.07, 6.45) is 1.37. The third-order valence-corrected chi connectivity index (χ3v) is 3.05. The number of rotatable bonds is 4. The molecular formula is C15H18FNO2. The van der Waals surface area contributed by atoms with Crippen LogP contribution in [0.25, 0.3) is 0 Å². The van der Waals surface area contributed by atoms with Crippen molar-refractivity contribution in [1.82, 2.24) is 4.90 Å². The SMILES string of the molecule is CCOC(=O)C1C=C(F)CN(Cc2ccccc2)C1. The number of nitrogens with zero attached hydrogens (tertiary/aromatic N) is 1. The summed E-state index contributed by atoms with van der Waals surface area (Å²) in [5.74, 6) is -1.12. The number of esters is 1. The normalized spacial score (nSPS) is 19.9. The molecule has 1 aromatic rings. The van der Waals surface area contributed by atoms with Crippen molar-refractivity contribution in [2.45, 2.75) is 13.5 Å². The zero-order valence-corrected chi connectivity index (χ0v) is 11.0. The molecule has 1 aliphatic heterocycles. The number of ether oxygens (including phenoxy) is 1. The van der Waals surface area contributed by atoms with E-state index in [2.05, 4.69) is 0 Å². The number of carbonyl (C=O) groups is 1. The Morgan fingerprint density at radius 1 is 1.42 bits per heavy atom. The second-order valence-electron chi connectivity index (χ2n) is 4.63. The molecule has 0 bridgehead atoms. The highest BCUT2D eigenvalue weighted by atomic mass is 19.1. The average Bonchev–Trinajstić information content (AvgIpc) is 2.39. The maximum atomic E-state index is 13.6. The summed E-state index contributed by atoms with van der Waals surface area (Å²) in [4.78, 5) is 13.6. The minimum atomic E-state index is -0.502. The van der Waals surface area contributed by atoms with Crippen molar-refractivity contribution in [3.63, 3.8) is 0 Å². The molecule has 0 amide bonds. The van der Waals surface area contributed by atoms with E-state index in [1.807, 2.05) is 35.2 Å². The second kappa shape index (κ2) is 6.48. The van der Waals surface area contributed by atoms with Gasteiger partial charge in [0.25, 0.3) is 0 Å². The van der Waals surface area contributed by atoms with Gasteiger partial charge in [0, 0.05) is 13.1 Å². The predicted molar refractivity (Wildman–Crippen MR) is 71.0 cm³/mol. The molecule has 0 aromatic heterocycles. The van der Waals surface area contributed by atoms with Crippen LogP contribution in [0.15, 0.2) is 42.2 Å². The van der Waals surface area contributed by atoms with Crippen LogP contribution in [0.2, 0.25) is 0 Å². The summed E-state index contributed by atoms with van der Waals surface area (Å²) in [6.45, 7) is 3.47. The highest BCUT2D eigenvalue weighted by molar-refractivity contribution is 5.75. The van der Waals surface area contributed by atoms with Crippen molar-refractivity contribution in [1.29, 1.82) is 0 Å². The molecule has 0 saturated heterocycles. The quantitative estimate of drug-likeness (QED) is 0.782. The molecule has 1 atom stereocenters. The molecule has 2 rings (SSSR count). The highest BCUT2D eigenvalue weighted by Crippen LogP contribution is 2.19. The first-order valence-corrected chi connectivity index (χ1v) is 6.48. The van der Waals surface area contributed by atoms with E-state index in [0.717, 1.165) is 5.56 Å². The number of benzene rings is 1. The van der Waals surface area contributed by atoms with Crippen molar-refractivity contribution < 1.29 is 13.9 Å². The number of carbonyl (C=O) groups excluding carboxylic acids is 1. The summed E-state index contributed by atoms with van der Waals surface area (Å²) in [5, 5.41) is 0. The molecule has 1 aromatic carbocycles. The number of hydrogen-bond acceptors (Lipinski definition) is 3. The Bertz CT molecular complexity index is 458. The van der Waals surface area contributed by atoms with Gasteiger partial charge in [0.1, 0.15) is 5.83 Å². The van der Waals surface area contributed by atoms with Crippen LogP contribution in [0.4, 0.5) is 4.39 Å². The number of hydrogen-bond donors (Lipinski definition) is 0. The van der Waals surface area contributed by atoms with E-state index in [1.54, 1.807) is 6.92 Å². The van der Waals surface area contributed by atoms with Crippen LogP contribution < -0.4 is 0 Å². The Labute approximate surface area is 112 Å². The molecule has 1 unspecified atom stereocenters. The van der Waals surface area contributed by atoms with E-state index < -0.39 is 5.92 Å². The average molecular weight is 263 g/mol. The molecule has 0 saturated carbocycles. The van der Waals surface area contributed by atoms with E-state index >= 15 is 0 Å². The zero-order chi connectivity index (χ0) is 13.7. The molecule has 4 heteroatoms. The van der Waals surface area contributed by atoms with Gasteiger partial charge in [-0.05, 0) is 18.6 Å². The first-order valence-electron chi connectivity index (χ1n) is 6.48. The van der Waals surface area contributed by atoms with Gasteiger partial charge in [-0.2, -0.15) is 0 Å². The molecule has 19 heavy (non-hydrogen) atoms. The molecule has 0 N–H and O–H groups in total. The zero-order valence-electron chi connectivity index (χ0n) is 11.0. The van der Waals surface area contributed by atoms with Gasteiger partial charge in [-0.15, -0.1) is 0 Å². The fraction of sp³-hybridized carbons (Fsp3) is 0.400. The lowest BCUT2D eigenvalue weighted by molar-refractivity contribution is -0.147. The summed E-state index contributed by atoms with van der Waals surface area (Å²) < 4.78 is 18.6. The Morgan fingerprint density at radius 2 is 2.16 bits per heavy atom. The lowest BCUT2D eigenvalue weighted by atomic mass is 10.0. The third-order valence-electron chi connectivity index (χ3n) is 3.05. The molecule has 3 nitrogen and oxygen atoms in total. The molecule has 0 radical (unpaired) electrons. The molecule has 0 spiro atoms. The highest BCUT2D eigenvalue weighted by Gasteiger charge is 2.26. The first-order chi connectivity index (χ1) is 9.19. The van der Waals surface area contributed by atoms with Crippen LogP contribution in [0, 0.1) is 5.92 Å². The van der Waals surface area contributed by atoms with Crippen LogP contribution in [-0.2, 0) is 16.1 Å². The Morgan fingerprint density at radius 3 is 2.84 bits per heavy atom. The topological polar surface area (TPSA) is 29.5 Å². The van der Waals surface area contributed by atoms with Crippen LogP contribution in [0.5, 0.6) is 0 Å². The third kappa shape index (κ3) is 3.89. The Hall–Kier alpha value is -1.68. The van der Waals surface area contributed by atoms with Gasteiger partial charge in [0.15, 0.2) is 0 Å². The molecule has 1 aliphatic rings. The maximum Gasteiger partial charge on any atom is 0.314 e. The second-order valence-corrected chi connectivity index (χ2v) is 4.63. The molecule has 102 valence electrons. The fourth-order valence-electron chi connectivity index (χ4n) is 2.23.